The molecule has 0 unspecified atom stereocenters. The van der Waals surface area contributed by atoms with Crippen molar-refractivity contribution in [3.05, 3.63) is 17.6 Å². The lowest BCUT2D eigenvalue weighted by atomic mass is 10.3. The monoisotopic (exact) mass is 220 g/mol. The first-order chi connectivity index (χ1) is 7.70. The molecule has 6 heteroatoms. The van der Waals surface area contributed by atoms with Gasteiger partial charge in [0.05, 0.1) is 0 Å². The average Bonchev–Trinajstić information content (AvgIpc) is 2.31. The highest BCUT2D eigenvalue weighted by Crippen LogP contribution is 2.10. The fourth-order valence-electron chi connectivity index (χ4n) is 1.73. The molecule has 0 bridgehead atoms. The third-order valence-corrected chi connectivity index (χ3v) is 2.80. The maximum absolute atomic E-state index is 7.54. The van der Waals surface area contributed by atoms with E-state index in [2.05, 4.69) is 21.9 Å². The molecular formula is C10H16N6. The molecule has 0 aliphatic carbocycles. The second kappa shape index (κ2) is 4.44. The molecule has 2 rings (SSSR count). The number of hydrogen-bond acceptors (Lipinski definition) is 5. The zero-order valence-corrected chi connectivity index (χ0v) is 9.35. The number of nitrogens with zero attached hydrogens (tertiary/aromatic N) is 4. The summed E-state index contributed by atoms with van der Waals surface area (Å²) in [4.78, 5) is 4.46. The van der Waals surface area contributed by atoms with Crippen LogP contribution in [0.1, 0.15) is 0 Å². The molecule has 1 aromatic rings. The van der Waals surface area contributed by atoms with E-state index in [9.17, 15) is 0 Å². The quantitative estimate of drug-likeness (QED) is 0.525. The number of hydrogen-bond donors (Lipinski definition) is 2. The first-order valence-electron chi connectivity index (χ1n) is 5.29. The van der Waals surface area contributed by atoms with Crippen LogP contribution < -0.4 is 10.4 Å². The van der Waals surface area contributed by atoms with E-state index in [0.717, 1.165) is 38.3 Å². The van der Waals surface area contributed by atoms with E-state index in [1.165, 1.54) is 4.68 Å². The summed E-state index contributed by atoms with van der Waals surface area (Å²) in [6.07, 6.45) is 1.06. The molecule has 1 aliphatic rings. The van der Waals surface area contributed by atoms with E-state index in [0.29, 0.717) is 0 Å². The lowest BCUT2D eigenvalue weighted by molar-refractivity contribution is 0.311. The molecule has 86 valence electrons. The molecule has 2 N–H and O–H groups in total. The summed E-state index contributed by atoms with van der Waals surface area (Å²) in [6, 6.07) is 3.51. The molecule has 1 saturated heterocycles. The summed E-state index contributed by atoms with van der Waals surface area (Å²) in [7, 11) is 2.11. The average molecular weight is 220 g/mol. The highest BCUT2D eigenvalue weighted by Gasteiger charge is 2.15. The molecule has 16 heavy (non-hydrogen) atoms. The number of likely N-dealkylation sites (N-methyl/N-ethyl adjacent to an activating group) is 1. The molecule has 0 radical (unpaired) electrons. The molecule has 1 aliphatic heterocycles. The second-order valence-corrected chi connectivity index (χ2v) is 3.94. The Hall–Kier alpha value is -1.69. The van der Waals surface area contributed by atoms with Crippen molar-refractivity contribution in [1.29, 1.82) is 10.8 Å². The number of aromatic nitrogens is 2. The van der Waals surface area contributed by atoms with Crippen molar-refractivity contribution in [1.82, 2.24) is 14.7 Å². The minimum absolute atomic E-state index is 0.230. The molecule has 0 aromatic carbocycles. The van der Waals surface area contributed by atoms with Crippen molar-refractivity contribution in [2.75, 3.05) is 38.1 Å². The molecule has 0 saturated carbocycles. The van der Waals surface area contributed by atoms with Gasteiger partial charge >= 0.3 is 0 Å². The maximum Gasteiger partial charge on any atom is 0.149 e. The lowest BCUT2D eigenvalue weighted by Crippen LogP contribution is -2.45. The van der Waals surface area contributed by atoms with E-state index in [4.69, 9.17) is 10.8 Å². The van der Waals surface area contributed by atoms with E-state index in [1.54, 1.807) is 6.07 Å². The molecule has 0 amide bonds. The van der Waals surface area contributed by atoms with Gasteiger partial charge < -0.3 is 9.80 Å². The molecular weight excluding hydrogens is 204 g/mol. The Morgan fingerprint density at radius 1 is 1.25 bits per heavy atom. The van der Waals surface area contributed by atoms with Crippen LogP contribution in [-0.4, -0.2) is 54.2 Å². The summed E-state index contributed by atoms with van der Waals surface area (Å²) in [5.41, 5.74) is 0.230. The van der Waals surface area contributed by atoms with Crippen molar-refractivity contribution >= 4 is 12.2 Å². The third kappa shape index (κ3) is 2.11. The van der Waals surface area contributed by atoms with Gasteiger partial charge in [0.15, 0.2) is 0 Å². The Bertz CT molecular complexity index is 429. The number of piperazine rings is 1. The Kier molecular flexibility index (Phi) is 3.00. The zero-order chi connectivity index (χ0) is 11.5. The van der Waals surface area contributed by atoms with Gasteiger partial charge in [-0.2, -0.15) is 0 Å². The summed E-state index contributed by atoms with van der Waals surface area (Å²) in [5.74, 6) is 0.840. The summed E-state index contributed by atoms with van der Waals surface area (Å²) >= 11 is 0. The Morgan fingerprint density at radius 3 is 2.56 bits per heavy atom. The van der Waals surface area contributed by atoms with Crippen LogP contribution in [0.5, 0.6) is 0 Å². The molecule has 0 spiro atoms. The summed E-state index contributed by atoms with van der Waals surface area (Å²) < 4.78 is 1.27. The summed E-state index contributed by atoms with van der Waals surface area (Å²) in [6.45, 7) is 3.93. The third-order valence-electron chi connectivity index (χ3n) is 2.80. The first kappa shape index (κ1) is 10.8. The van der Waals surface area contributed by atoms with Gasteiger partial charge in [0.2, 0.25) is 0 Å². The van der Waals surface area contributed by atoms with Gasteiger partial charge in [-0.15, -0.1) is 5.10 Å². The topological polar surface area (TPSA) is 72.0 Å². The van der Waals surface area contributed by atoms with Crippen molar-refractivity contribution < 1.29 is 0 Å². The summed E-state index contributed by atoms with van der Waals surface area (Å²) in [5, 5.41) is 18.9. The predicted octanol–water partition coefficient (Wildman–Crippen LogP) is -0.430. The highest BCUT2D eigenvalue weighted by atomic mass is 15.4. The van der Waals surface area contributed by atoms with Crippen LogP contribution in [0.3, 0.4) is 0 Å². The van der Waals surface area contributed by atoms with E-state index >= 15 is 0 Å². The van der Waals surface area contributed by atoms with Crippen LogP contribution in [0, 0.1) is 10.8 Å². The van der Waals surface area contributed by atoms with Crippen LogP contribution in [-0.2, 0) is 0 Å². The van der Waals surface area contributed by atoms with Crippen LogP contribution in [0.15, 0.2) is 12.1 Å². The minimum Gasteiger partial charge on any atom is -0.353 e. The van der Waals surface area contributed by atoms with Gasteiger partial charge in [-0.25, -0.2) is 4.68 Å². The van der Waals surface area contributed by atoms with Gasteiger partial charge in [0.25, 0.3) is 0 Å². The van der Waals surface area contributed by atoms with Gasteiger partial charge in [-0.3, -0.25) is 10.8 Å². The van der Waals surface area contributed by atoms with Gasteiger partial charge in [-0.05, 0) is 19.2 Å². The van der Waals surface area contributed by atoms with E-state index in [-0.39, 0.29) is 5.49 Å². The smallest absolute Gasteiger partial charge is 0.149 e. The van der Waals surface area contributed by atoms with Crippen LogP contribution in [0.4, 0.5) is 5.82 Å². The number of anilines is 1. The van der Waals surface area contributed by atoms with Gasteiger partial charge in [-0.1, -0.05) is 0 Å². The fraction of sp³-hybridized carbons (Fsp3) is 0.500. The lowest BCUT2D eigenvalue weighted by Gasteiger charge is -2.33. The SMILES string of the molecule is CN1CCN(c2ccc(=N)n(C=N)n2)CC1. The van der Waals surface area contributed by atoms with Crippen molar-refractivity contribution in [2.24, 2.45) is 0 Å². The maximum atomic E-state index is 7.54. The van der Waals surface area contributed by atoms with Crippen LogP contribution in [0.25, 0.3) is 0 Å². The largest absolute Gasteiger partial charge is 0.353 e. The number of rotatable bonds is 2. The Labute approximate surface area is 94.1 Å². The molecule has 1 fully saturated rings. The fourth-order valence-corrected chi connectivity index (χ4v) is 1.73. The molecule has 6 nitrogen and oxygen atoms in total. The first-order valence-corrected chi connectivity index (χ1v) is 5.29. The predicted molar refractivity (Wildman–Crippen MR) is 62.0 cm³/mol. The molecule has 1 aromatic heterocycles. The van der Waals surface area contributed by atoms with Gasteiger partial charge in [0.1, 0.15) is 17.6 Å². The van der Waals surface area contributed by atoms with Crippen LogP contribution >= 0.6 is 0 Å². The van der Waals surface area contributed by atoms with Crippen molar-refractivity contribution in [3.8, 4) is 0 Å². The molecule has 2 heterocycles. The standard InChI is InChI=1S/C10H16N6/c1-14-4-6-15(7-5-14)10-3-2-9(12)16(8-11)13-10/h2-3,8,11-12H,4-7H2,1H3. The zero-order valence-electron chi connectivity index (χ0n) is 9.35. The normalized spacial score (nSPS) is 17.4. The number of nitrogens with one attached hydrogen (secondary N) is 2. The van der Waals surface area contributed by atoms with E-state index < -0.39 is 0 Å². The minimum atomic E-state index is 0.230. The molecule has 0 atom stereocenters. The Morgan fingerprint density at radius 2 is 1.94 bits per heavy atom. The van der Waals surface area contributed by atoms with Crippen LogP contribution in [0.2, 0.25) is 0 Å². The van der Waals surface area contributed by atoms with Crippen molar-refractivity contribution in [3.63, 3.8) is 0 Å². The van der Waals surface area contributed by atoms with Crippen molar-refractivity contribution in [2.45, 2.75) is 0 Å². The highest BCUT2D eigenvalue weighted by molar-refractivity contribution is 5.53. The Balaban J connectivity index is 2.21. The van der Waals surface area contributed by atoms with E-state index in [1.807, 2.05) is 6.07 Å². The van der Waals surface area contributed by atoms with Gasteiger partial charge in [0, 0.05) is 26.2 Å². The second-order valence-electron chi connectivity index (χ2n) is 3.94.